The Morgan fingerprint density at radius 3 is 2.34 bits per heavy atom. The minimum absolute atomic E-state index is 0.0153. The number of nitrogens with one attached hydrogen (secondary N) is 2. The van der Waals surface area contributed by atoms with Gasteiger partial charge in [0.2, 0.25) is 5.91 Å². The number of benzene rings is 2. The molecule has 6 nitrogen and oxygen atoms in total. The molecule has 2 aromatic carbocycles. The highest BCUT2D eigenvalue weighted by Crippen LogP contribution is 2.42. The molecule has 2 N–H and O–H groups in total. The van der Waals surface area contributed by atoms with E-state index in [0.717, 1.165) is 37.2 Å². The zero-order chi connectivity index (χ0) is 22.9. The molecule has 172 valence electrons. The lowest BCUT2D eigenvalue weighted by molar-refractivity contribution is -0.132. The van der Waals surface area contributed by atoms with Crippen LogP contribution < -0.4 is 10.3 Å². The van der Waals surface area contributed by atoms with Gasteiger partial charge in [-0.3, -0.25) is 15.1 Å². The van der Waals surface area contributed by atoms with E-state index in [1.807, 2.05) is 24.3 Å². The first-order valence-corrected chi connectivity index (χ1v) is 13.8. The average Bonchev–Trinajstić information content (AvgIpc) is 2.77. The van der Waals surface area contributed by atoms with Gasteiger partial charge in [0.1, 0.15) is 4.90 Å². The number of hydrogen-bond acceptors (Lipinski definition) is 5. The average molecular weight is 535 g/mol. The van der Waals surface area contributed by atoms with E-state index in [1.54, 1.807) is 11.8 Å². The van der Waals surface area contributed by atoms with Crippen LogP contribution in [-0.2, 0) is 20.6 Å². The molecule has 0 radical (unpaired) electrons. The molecule has 3 fully saturated rings. The lowest BCUT2D eigenvalue weighted by Gasteiger charge is -2.49. The van der Waals surface area contributed by atoms with Crippen LogP contribution in [0.5, 0.6) is 0 Å². The Morgan fingerprint density at radius 2 is 1.69 bits per heavy atom. The zero-order valence-electron chi connectivity index (χ0n) is 16.9. The molecule has 2 atom stereocenters. The molecule has 3 aliphatic rings. The van der Waals surface area contributed by atoms with Crippen molar-refractivity contribution in [1.82, 2.24) is 15.2 Å². The first-order chi connectivity index (χ1) is 15.2. The third-order valence-corrected chi connectivity index (χ3v) is 9.53. The van der Waals surface area contributed by atoms with Crippen LogP contribution in [0.25, 0.3) is 0 Å². The maximum absolute atomic E-state index is 13.1. The standard InChI is InChI=1S/C21H22Cl3N3O3S2/c22-15-3-1-13(2-4-15)12-31-21-19(14-7-9-27(21)10-8-14)20(28)25-26-32(29,30)18-6-5-16(23)11-17(18)24/h1-6,11,14,19,21,26H,7-10,12H2,(H,25,28)/t19-,21+/m1/s1. The molecule has 2 bridgehead atoms. The fourth-order valence-corrected chi connectivity index (χ4v) is 7.53. The van der Waals surface area contributed by atoms with Crippen LogP contribution in [0.4, 0.5) is 0 Å². The summed E-state index contributed by atoms with van der Waals surface area (Å²) in [6, 6.07) is 11.7. The van der Waals surface area contributed by atoms with Crippen molar-refractivity contribution in [3.8, 4) is 0 Å². The number of carbonyl (C=O) groups excluding carboxylic acids is 1. The number of hydrazine groups is 1. The van der Waals surface area contributed by atoms with Crippen LogP contribution >= 0.6 is 46.6 Å². The fraction of sp³-hybridized carbons (Fsp3) is 0.381. The molecule has 0 aliphatic carbocycles. The van der Waals surface area contributed by atoms with E-state index in [1.165, 1.54) is 18.2 Å². The van der Waals surface area contributed by atoms with Crippen molar-refractivity contribution < 1.29 is 13.2 Å². The molecule has 0 saturated carbocycles. The molecule has 2 aromatic rings. The van der Waals surface area contributed by atoms with Crippen LogP contribution in [0.15, 0.2) is 47.4 Å². The van der Waals surface area contributed by atoms with E-state index >= 15 is 0 Å². The second-order valence-corrected chi connectivity index (χ2v) is 11.9. The van der Waals surface area contributed by atoms with Crippen molar-refractivity contribution >= 4 is 62.5 Å². The summed E-state index contributed by atoms with van der Waals surface area (Å²) in [7, 11) is -4.04. The summed E-state index contributed by atoms with van der Waals surface area (Å²) in [6.07, 6.45) is 1.84. The predicted octanol–water partition coefficient (Wildman–Crippen LogP) is 4.56. The van der Waals surface area contributed by atoms with Gasteiger partial charge in [-0.1, -0.05) is 46.9 Å². The fourth-order valence-electron chi connectivity index (χ4n) is 4.26. The van der Waals surface area contributed by atoms with Gasteiger partial charge < -0.3 is 0 Å². The highest BCUT2D eigenvalue weighted by molar-refractivity contribution is 7.99. The van der Waals surface area contributed by atoms with Crippen molar-refractivity contribution in [2.75, 3.05) is 13.1 Å². The van der Waals surface area contributed by atoms with Crippen molar-refractivity contribution in [3.05, 3.63) is 63.1 Å². The molecule has 0 unspecified atom stereocenters. The van der Waals surface area contributed by atoms with Gasteiger partial charge in [0.25, 0.3) is 10.0 Å². The van der Waals surface area contributed by atoms with E-state index < -0.39 is 10.0 Å². The second-order valence-electron chi connectivity index (χ2n) is 7.90. The number of halogens is 3. The first kappa shape index (κ1) is 24.1. The number of sulfonamides is 1. The number of rotatable bonds is 7. The Bertz CT molecular complexity index is 1090. The zero-order valence-corrected chi connectivity index (χ0v) is 20.8. The van der Waals surface area contributed by atoms with E-state index in [0.29, 0.717) is 10.0 Å². The van der Waals surface area contributed by atoms with Crippen LogP contribution in [0.3, 0.4) is 0 Å². The topological polar surface area (TPSA) is 78.5 Å². The van der Waals surface area contributed by atoms with Crippen LogP contribution in [0.1, 0.15) is 18.4 Å². The number of piperidine rings is 3. The Labute approximate surface area is 207 Å². The van der Waals surface area contributed by atoms with E-state index in [9.17, 15) is 13.2 Å². The Kier molecular flexibility index (Phi) is 7.61. The Morgan fingerprint density at radius 1 is 1.03 bits per heavy atom. The summed E-state index contributed by atoms with van der Waals surface area (Å²) >= 11 is 19.5. The highest BCUT2D eigenvalue weighted by atomic mass is 35.5. The van der Waals surface area contributed by atoms with Crippen molar-refractivity contribution in [3.63, 3.8) is 0 Å². The largest absolute Gasteiger partial charge is 0.291 e. The summed E-state index contributed by atoms with van der Waals surface area (Å²) in [5, 5.41) is 0.968. The normalized spacial score (nSPS) is 25.0. The van der Waals surface area contributed by atoms with Gasteiger partial charge in [-0.25, -0.2) is 8.42 Å². The van der Waals surface area contributed by atoms with Crippen LogP contribution in [0.2, 0.25) is 15.1 Å². The van der Waals surface area contributed by atoms with Gasteiger partial charge in [0, 0.05) is 15.8 Å². The van der Waals surface area contributed by atoms with E-state index in [2.05, 4.69) is 15.2 Å². The van der Waals surface area contributed by atoms with Crippen LogP contribution in [0, 0.1) is 11.8 Å². The second kappa shape index (κ2) is 10.1. The number of nitrogens with zero attached hydrogens (tertiary/aromatic N) is 1. The first-order valence-electron chi connectivity index (χ1n) is 10.1. The highest BCUT2D eigenvalue weighted by Gasteiger charge is 2.46. The smallest absolute Gasteiger partial charge is 0.258 e. The monoisotopic (exact) mass is 533 g/mol. The Balaban J connectivity index is 1.44. The molecule has 5 rings (SSSR count). The molecule has 32 heavy (non-hydrogen) atoms. The minimum atomic E-state index is -4.04. The number of hydrogen-bond donors (Lipinski definition) is 2. The summed E-state index contributed by atoms with van der Waals surface area (Å²) in [5.41, 5.74) is 3.55. The molecule has 3 heterocycles. The number of amides is 1. The lowest BCUT2D eigenvalue weighted by atomic mass is 9.78. The van der Waals surface area contributed by atoms with Gasteiger partial charge in [-0.15, -0.1) is 16.6 Å². The molecule has 3 aliphatic heterocycles. The summed E-state index contributed by atoms with van der Waals surface area (Å²) in [4.78, 5) is 17.5. The van der Waals surface area contributed by atoms with Crippen LogP contribution in [-0.4, -0.2) is 37.7 Å². The van der Waals surface area contributed by atoms with E-state index in [-0.39, 0.29) is 33.0 Å². The van der Waals surface area contributed by atoms with Gasteiger partial charge >= 0.3 is 0 Å². The summed E-state index contributed by atoms with van der Waals surface area (Å²) < 4.78 is 25.3. The maximum atomic E-state index is 13.1. The molecular weight excluding hydrogens is 513 g/mol. The molecule has 0 spiro atoms. The summed E-state index contributed by atoms with van der Waals surface area (Å²) in [5.74, 6) is 0.298. The van der Waals surface area contributed by atoms with Crippen molar-refractivity contribution in [2.24, 2.45) is 11.8 Å². The third-order valence-electron chi connectivity index (χ3n) is 5.88. The molecule has 3 saturated heterocycles. The van der Waals surface area contributed by atoms with E-state index in [4.69, 9.17) is 34.8 Å². The van der Waals surface area contributed by atoms with Gasteiger partial charge in [0.15, 0.2) is 0 Å². The third kappa shape index (κ3) is 5.38. The molecular formula is C21H22Cl3N3O3S2. The van der Waals surface area contributed by atoms with Crippen molar-refractivity contribution in [2.45, 2.75) is 28.9 Å². The van der Waals surface area contributed by atoms with Gasteiger partial charge in [-0.2, -0.15) is 0 Å². The van der Waals surface area contributed by atoms with Gasteiger partial charge in [0.05, 0.1) is 16.3 Å². The summed E-state index contributed by atoms with van der Waals surface area (Å²) in [6.45, 7) is 1.89. The van der Waals surface area contributed by atoms with Crippen molar-refractivity contribution in [1.29, 1.82) is 0 Å². The Hall–Kier alpha value is -1.00. The molecule has 0 aromatic heterocycles. The number of thioether (sulfide) groups is 1. The quantitative estimate of drug-likeness (QED) is 0.509. The molecule has 11 heteroatoms. The predicted molar refractivity (Wildman–Crippen MR) is 129 cm³/mol. The lowest BCUT2D eigenvalue weighted by Crippen LogP contribution is -2.59. The van der Waals surface area contributed by atoms with Gasteiger partial charge in [-0.05, 0) is 67.7 Å². The number of fused-ring (bicyclic) bond motifs is 3. The minimum Gasteiger partial charge on any atom is -0.291 e. The maximum Gasteiger partial charge on any atom is 0.258 e. The molecule has 1 amide bonds. The SMILES string of the molecule is O=C(NNS(=O)(=O)c1ccc(Cl)cc1Cl)[C@H]1C2CCN(CC2)[C@H]1SCc1ccc(Cl)cc1. The number of carbonyl (C=O) groups is 1.